The molecule has 0 saturated carbocycles. The van der Waals surface area contributed by atoms with Crippen molar-refractivity contribution in [3.05, 3.63) is 59.6 Å². The monoisotopic (exact) mass is 402 g/mol. The number of hydrogen-bond acceptors (Lipinski definition) is 6. The third kappa shape index (κ3) is 3.58. The van der Waals surface area contributed by atoms with Crippen LogP contribution in [0.15, 0.2) is 42.9 Å². The maximum absolute atomic E-state index is 12.2. The molecule has 3 heterocycles. The number of carboxylic acid groups (broad SMARTS) is 1. The molecule has 1 aromatic heterocycles. The lowest BCUT2D eigenvalue weighted by Crippen LogP contribution is -2.37. The van der Waals surface area contributed by atoms with E-state index in [0.29, 0.717) is 30.0 Å². The van der Waals surface area contributed by atoms with Gasteiger partial charge in [0.2, 0.25) is 10.0 Å². The molecule has 0 aliphatic carbocycles. The van der Waals surface area contributed by atoms with Gasteiger partial charge in [-0.25, -0.2) is 13.2 Å². The molecule has 1 aromatic carbocycles. The maximum atomic E-state index is 12.2. The first-order valence-electron chi connectivity index (χ1n) is 8.77. The van der Waals surface area contributed by atoms with E-state index in [4.69, 9.17) is 9.47 Å². The summed E-state index contributed by atoms with van der Waals surface area (Å²) in [5.74, 6) is -0.136. The molecule has 9 heteroatoms. The zero-order valence-electron chi connectivity index (χ0n) is 14.9. The Morgan fingerprint density at radius 3 is 2.89 bits per heavy atom. The maximum Gasteiger partial charge on any atom is 0.339 e. The number of aromatic nitrogens is 1. The van der Waals surface area contributed by atoms with Gasteiger partial charge in [-0.1, -0.05) is 6.07 Å². The Hall–Kier alpha value is -2.91. The second-order valence-electron chi connectivity index (χ2n) is 6.58. The molecular weight excluding hydrogens is 384 g/mol. The van der Waals surface area contributed by atoms with Gasteiger partial charge in [-0.3, -0.25) is 4.98 Å². The number of pyridine rings is 1. The summed E-state index contributed by atoms with van der Waals surface area (Å²) in [5, 5.41) is 9.24. The molecular formula is C19H18N2O6S. The van der Waals surface area contributed by atoms with Crippen molar-refractivity contribution in [2.45, 2.75) is 19.4 Å². The topological polar surface area (TPSA) is 106 Å². The highest BCUT2D eigenvalue weighted by Crippen LogP contribution is 2.38. The van der Waals surface area contributed by atoms with E-state index in [1.54, 1.807) is 30.6 Å². The smallest absolute Gasteiger partial charge is 0.339 e. The molecule has 28 heavy (non-hydrogen) atoms. The Labute approximate surface area is 162 Å². The van der Waals surface area contributed by atoms with E-state index in [1.807, 2.05) is 0 Å². The molecule has 4 rings (SSSR count). The summed E-state index contributed by atoms with van der Waals surface area (Å²) in [6, 6.07) is 6.42. The molecule has 0 radical (unpaired) electrons. The summed E-state index contributed by atoms with van der Waals surface area (Å²) in [6.45, 7) is 0.747. The minimum absolute atomic E-state index is 0.00924. The lowest BCUT2D eigenvalue weighted by Gasteiger charge is -2.26. The van der Waals surface area contributed by atoms with Gasteiger partial charge in [0.15, 0.2) is 17.3 Å². The number of hydrogen-bond donors (Lipinski definition) is 1. The van der Waals surface area contributed by atoms with Crippen LogP contribution in [0.3, 0.4) is 0 Å². The van der Waals surface area contributed by atoms with Crippen LogP contribution in [0.4, 0.5) is 0 Å². The minimum Gasteiger partial charge on any atom is -0.478 e. The van der Waals surface area contributed by atoms with Crippen molar-refractivity contribution >= 4 is 21.8 Å². The summed E-state index contributed by atoms with van der Waals surface area (Å²) < 4.78 is 37.2. The number of ether oxygens (including phenoxy) is 2. The van der Waals surface area contributed by atoms with E-state index in [0.717, 1.165) is 12.0 Å². The van der Waals surface area contributed by atoms with E-state index < -0.39 is 16.0 Å². The fraction of sp³-hybridized carbons (Fsp3) is 0.263. The van der Waals surface area contributed by atoms with Crippen molar-refractivity contribution in [2.75, 3.05) is 12.3 Å². The highest BCUT2D eigenvalue weighted by Gasteiger charge is 2.26. The minimum atomic E-state index is -3.23. The Bertz CT molecular complexity index is 1060. The van der Waals surface area contributed by atoms with Crippen molar-refractivity contribution < 1.29 is 27.8 Å². The van der Waals surface area contributed by atoms with Crippen LogP contribution in [0.25, 0.3) is 5.76 Å². The zero-order chi connectivity index (χ0) is 19.7. The van der Waals surface area contributed by atoms with Crippen LogP contribution in [0.2, 0.25) is 0 Å². The molecule has 1 fully saturated rings. The van der Waals surface area contributed by atoms with E-state index in [9.17, 15) is 18.3 Å². The van der Waals surface area contributed by atoms with Crippen molar-refractivity contribution in [3.8, 4) is 11.5 Å². The summed E-state index contributed by atoms with van der Waals surface area (Å²) in [5.41, 5.74) is 1.35. The number of sulfonamides is 1. The fourth-order valence-corrected chi connectivity index (χ4v) is 4.78. The number of fused-ring (bicyclic) bond motifs is 1. The number of carbonyl (C=O) groups is 1. The zero-order valence-corrected chi connectivity index (χ0v) is 15.7. The predicted molar refractivity (Wildman–Crippen MR) is 100 cm³/mol. The van der Waals surface area contributed by atoms with Gasteiger partial charge in [0, 0.05) is 31.0 Å². The van der Waals surface area contributed by atoms with Gasteiger partial charge in [0.1, 0.15) is 11.8 Å². The summed E-state index contributed by atoms with van der Waals surface area (Å²) in [7, 11) is -3.23. The highest BCUT2D eigenvalue weighted by atomic mass is 32.2. The number of para-hydroxylation sites is 1. The average molecular weight is 402 g/mol. The first-order chi connectivity index (χ1) is 13.4. The molecule has 2 aliphatic heterocycles. The van der Waals surface area contributed by atoms with Crippen molar-refractivity contribution in [1.82, 2.24) is 9.29 Å². The molecule has 0 unspecified atom stereocenters. The van der Waals surface area contributed by atoms with Crippen LogP contribution in [-0.2, 0) is 16.6 Å². The van der Waals surface area contributed by atoms with Crippen LogP contribution < -0.4 is 9.47 Å². The molecule has 0 spiro atoms. The van der Waals surface area contributed by atoms with Gasteiger partial charge in [-0.05, 0) is 36.6 Å². The number of aromatic carboxylic acids is 1. The van der Waals surface area contributed by atoms with E-state index >= 15 is 0 Å². The molecule has 1 saturated heterocycles. The van der Waals surface area contributed by atoms with Gasteiger partial charge in [0.25, 0.3) is 0 Å². The molecule has 2 aliphatic rings. The lowest BCUT2D eigenvalue weighted by atomic mass is 10.1. The quantitative estimate of drug-likeness (QED) is 0.837. The van der Waals surface area contributed by atoms with E-state index in [-0.39, 0.29) is 23.6 Å². The summed E-state index contributed by atoms with van der Waals surface area (Å²) >= 11 is 0. The van der Waals surface area contributed by atoms with Crippen molar-refractivity contribution in [1.29, 1.82) is 0 Å². The lowest BCUT2D eigenvalue weighted by molar-refractivity contribution is 0.0693. The first-order valence-corrected chi connectivity index (χ1v) is 10.4. The standard InChI is InChI=1S/C19H18N2O6S/c22-19(23)15-4-3-5-16-18(15)26-12-17(27-16)14-8-13(9-20-10-14)11-21-6-1-2-7-28(21,24)25/h3-5,8-10,12H,1-2,6-7,11H2,(H,22,23). The Balaban J connectivity index is 1.57. The van der Waals surface area contributed by atoms with Crippen molar-refractivity contribution in [3.63, 3.8) is 0 Å². The van der Waals surface area contributed by atoms with Crippen LogP contribution in [-0.4, -0.2) is 41.1 Å². The van der Waals surface area contributed by atoms with Gasteiger partial charge in [-0.15, -0.1) is 0 Å². The molecule has 0 atom stereocenters. The summed E-state index contributed by atoms with van der Waals surface area (Å²) in [4.78, 5) is 15.5. The van der Waals surface area contributed by atoms with Crippen molar-refractivity contribution in [2.24, 2.45) is 0 Å². The SMILES string of the molecule is O=C(O)c1cccc2c1OC=C(c1cncc(CN3CCCCS3(=O)=O)c1)O2. The molecule has 8 nitrogen and oxygen atoms in total. The Morgan fingerprint density at radius 1 is 1.25 bits per heavy atom. The molecule has 146 valence electrons. The fourth-order valence-electron chi connectivity index (χ4n) is 3.20. The summed E-state index contributed by atoms with van der Waals surface area (Å²) in [6.07, 6.45) is 6.06. The number of nitrogens with zero attached hydrogens (tertiary/aromatic N) is 2. The average Bonchev–Trinajstić information content (AvgIpc) is 2.69. The van der Waals surface area contributed by atoms with Gasteiger partial charge >= 0.3 is 5.97 Å². The largest absolute Gasteiger partial charge is 0.478 e. The van der Waals surface area contributed by atoms with Crippen LogP contribution in [0.5, 0.6) is 11.5 Å². The first kappa shape index (κ1) is 18.5. The van der Waals surface area contributed by atoms with E-state index in [2.05, 4.69) is 4.98 Å². The predicted octanol–water partition coefficient (Wildman–Crippen LogP) is 2.48. The Kier molecular flexibility index (Phi) is 4.78. The van der Waals surface area contributed by atoms with Crippen LogP contribution >= 0.6 is 0 Å². The Morgan fingerprint density at radius 2 is 2.11 bits per heavy atom. The second kappa shape index (κ2) is 7.25. The highest BCUT2D eigenvalue weighted by molar-refractivity contribution is 7.89. The number of carboxylic acids is 1. The molecule has 0 amide bonds. The number of rotatable bonds is 4. The normalized spacial score (nSPS) is 18.4. The molecule has 1 N–H and O–H groups in total. The van der Waals surface area contributed by atoms with Crippen LogP contribution in [0.1, 0.15) is 34.3 Å². The second-order valence-corrected chi connectivity index (χ2v) is 8.67. The van der Waals surface area contributed by atoms with Gasteiger partial charge < -0.3 is 14.6 Å². The number of benzene rings is 1. The third-order valence-corrected chi connectivity index (χ3v) is 6.51. The van der Waals surface area contributed by atoms with Gasteiger partial charge in [-0.2, -0.15) is 4.31 Å². The molecule has 2 aromatic rings. The third-order valence-electron chi connectivity index (χ3n) is 4.60. The van der Waals surface area contributed by atoms with E-state index in [1.165, 1.54) is 16.6 Å². The van der Waals surface area contributed by atoms with Gasteiger partial charge in [0.05, 0.1) is 5.75 Å². The van der Waals surface area contributed by atoms with Crippen LogP contribution in [0, 0.1) is 0 Å². The molecule has 0 bridgehead atoms.